The van der Waals surface area contributed by atoms with Crippen LogP contribution in [0.25, 0.3) is 0 Å². The molecule has 0 aliphatic rings. The highest BCUT2D eigenvalue weighted by Gasteiger charge is 2.09. The minimum atomic E-state index is -0.451. The second-order valence-corrected chi connectivity index (χ2v) is 5.73. The molecule has 136 valence electrons. The molecule has 0 radical (unpaired) electrons. The molecule has 1 aromatic carbocycles. The first-order chi connectivity index (χ1) is 13.0. The Kier molecular flexibility index (Phi) is 5.31. The maximum Gasteiger partial charge on any atom is 0.291 e. The molecular formula is C18H16N6O3. The number of hydrogen-bond acceptors (Lipinski definition) is 6. The highest BCUT2D eigenvalue weighted by Crippen LogP contribution is 2.12. The van der Waals surface area contributed by atoms with Crippen molar-refractivity contribution in [3.05, 3.63) is 87.5 Å². The Morgan fingerprint density at radius 3 is 2.74 bits per heavy atom. The van der Waals surface area contributed by atoms with Crippen LogP contribution in [-0.2, 0) is 6.54 Å². The van der Waals surface area contributed by atoms with Crippen molar-refractivity contribution in [2.45, 2.75) is 13.5 Å². The first-order valence-electron chi connectivity index (χ1n) is 8.05. The lowest BCUT2D eigenvalue weighted by Crippen LogP contribution is -2.18. The molecule has 3 aromatic rings. The van der Waals surface area contributed by atoms with Crippen molar-refractivity contribution in [2.75, 3.05) is 0 Å². The van der Waals surface area contributed by atoms with Gasteiger partial charge in [0, 0.05) is 24.0 Å². The number of carbonyl (C=O) groups is 1. The van der Waals surface area contributed by atoms with Gasteiger partial charge in [-0.05, 0) is 30.7 Å². The molecule has 0 fully saturated rings. The van der Waals surface area contributed by atoms with Crippen LogP contribution in [-0.4, -0.2) is 31.8 Å². The zero-order valence-electron chi connectivity index (χ0n) is 14.4. The monoisotopic (exact) mass is 364 g/mol. The number of pyridine rings is 1. The lowest BCUT2D eigenvalue weighted by Gasteiger charge is -2.01. The van der Waals surface area contributed by atoms with Gasteiger partial charge >= 0.3 is 0 Å². The molecule has 9 heteroatoms. The molecule has 0 atom stereocenters. The highest BCUT2D eigenvalue weighted by molar-refractivity contribution is 5.92. The minimum absolute atomic E-state index is 0.0280. The van der Waals surface area contributed by atoms with Crippen LogP contribution in [0.4, 0.5) is 5.69 Å². The largest absolute Gasteiger partial charge is 0.291 e. The van der Waals surface area contributed by atoms with Crippen molar-refractivity contribution in [2.24, 2.45) is 5.10 Å². The number of non-ortho nitro benzene ring substituents is 1. The van der Waals surface area contributed by atoms with E-state index in [0.717, 1.165) is 11.3 Å². The summed E-state index contributed by atoms with van der Waals surface area (Å²) < 4.78 is 1.57. The van der Waals surface area contributed by atoms with E-state index in [2.05, 4.69) is 20.6 Å². The van der Waals surface area contributed by atoms with Crippen molar-refractivity contribution in [3.8, 4) is 0 Å². The molecule has 9 nitrogen and oxygen atoms in total. The van der Waals surface area contributed by atoms with E-state index in [1.54, 1.807) is 35.1 Å². The summed E-state index contributed by atoms with van der Waals surface area (Å²) in [5.41, 5.74) is 4.97. The number of hydrogen-bond donors (Lipinski definition) is 1. The number of aryl methyl sites for hydroxylation is 1. The molecule has 1 N–H and O–H groups in total. The number of rotatable bonds is 6. The van der Waals surface area contributed by atoms with Crippen LogP contribution >= 0.6 is 0 Å². The van der Waals surface area contributed by atoms with Crippen LogP contribution in [0.15, 0.2) is 59.8 Å². The van der Waals surface area contributed by atoms with Gasteiger partial charge in [0.25, 0.3) is 11.6 Å². The van der Waals surface area contributed by atoms with Gasteiger partial charge in [0.15, 0.2) is 5.69 Å². The molecule has 2 heterocycles. The topological polar surface area (TPSA) is 115 Å². The number of carbonyl (C=O) groups excluding carboxylic acids is 1. The van der Waals surface area contributed by atoms with Crippen LogP contribution in [0.5, 0.6) is 0 Å². The Balaban J connectivity index is 1.59. The fraction of sp³-hybridized carbons (Fsp3) is 0.111. The van der Waals surface area contributed by atoms with Crippen LogP contribution in [0.2, 0.25) is 0 Å². The third-order valence-corrected chi connectivity index (χ3v) is 3.64. The van der Waals surface area contributed by atoms with E-state index in [4.69, 9.17) is 0 Å². The van der Waals surface area contributed by atoms with Gasteiger partial charge in [-0.25, -0.2) is 5.43 Å². The summed E-state index contributed by atoms with van der Waals surface area (Å²) >= 11 is 0. The quantitative estimate of drug-likeness (QED) is 0.409. The smallest absolute Gasteiger partial charge is 0.268 e. The fourth-order valence-electron chi connectivity index (χ4n) is 2.33. The van der Waals surface area contributed by atoms with E-state index in [9.17, 15) is 14.9 Å². The van der Waals surface area contributed by atoms with Gasteiger partial charge in [-0.15, -0.1) is 0 Å². The van der Waals surface area contributed by atoms with E-state index in [1.165, 1.54) is 18.3 Å². The van der Waals surface area contributed by atoms with Gasteiger partial charge in [-0.1, -0.05) is 18.2 Å². The SMILES string of the molecule is Cc1cccc(C=NNC(=O)c2ccn(Cc3ccc([N+](=O)[O-])cc3)n2)n1. The molecule has 27 heavy (non-hydrogen) atoms. The molecule has 0 saturated carbocycles. The number of nitro benzene ring substituents is 1. The predicted octanol–water partition coefficient (Wildman–Crippen LogP) is 2.31. The highest BCUT2D eigenvalue weighted by atomic mass is 16.6. The van der Waals surface area contributed by atoms with E-state index in [-0.39, 0.29) is 11.4 Å². The van der Waals surface area contributed by atoms with E-state index >= 15 is 0 Å². The summed E-state index contributed by atoms with van der Waals surface area (Å²) in [6, 6.07) is 13.2. The van der Waals surface area contributed by atoms with Crippen molar-refractivity contribution >= 4 is 17.8 Å². The van der Waals surface area contributed by atoms with E-state index < -0.39 is 10.8 Å². The van der Waals surface area contributed by atoms with Crippen molar-refractivity contribution in [1.82, 2.24) is 20.2 Å². The van der Waals surface area contributed by atoms with Crippen molar-refractivity contribution in [1.29, 1.82) is 0 Å². The number of nitrogens with zero attached hydrogens (tertiary/aromatic N) is 5. The zero-order chi connectivity index (χ0) is 19.2. The number of amides is 1. The Bertz CT molecular complexity index is 994. The third kappa shape index (κ3) is 4.82. The summed E-state index contributed by atoms with van der Waals surface area (Å²) in [5.74, 6) is -0.443. The molecule has 0 spiro atoms. The van der Waals surface area contributed by atoms with E-state index in [0.29, 0.717) is 12.2 Å². The summed E-state index contributed by atoms with van der Waals surface area (Å²) in [7, 11) is 0. The summed E-state index contributed by atoms with van der Waals surface area (Å²) in [6.45, 7) is 2.26. The number of hydrazone groups is 1. The summed E-state index contributed by atoms with van der Waals surface area (Å²) in [6.07, 6.45) is 3.11. The third-order valence-electron chi connectivity index (χ3n) is 3.64. The van der Waals surface area contributed by atoms with Gasteiger partial charge in [0.1, 0.15) is 0 Å². The van der Waals surface area contributed by atoms with Gasteiger partial charge in [-0.3, -0.25) is 24.6 Å². The Labute approximate surface area is 154 Å². The second-order valence-electron chi connectivity index (χ2n) is 5.73. The predicted molar refractivity (Wildman–Crippen MR) is 98.5 cm³/mol. The van der Waals surface area contributed by atoms with Crippen LogP contribution in [0.1, 0.15) is 27.4 Å². The Morgan fingerprint density at radius 1 is 1.26 bits per heavy atom. The first kappa shape index (κ1) is 17.9. The number of benzene rings is 1. The summed E-state index contributed by atoms with van der Waals surface area (Å²) in [4.78, 5) is 26.6. The van der Waals surface area contributed by atoms with Gasteiger partial charge in [0.2, 0.25) is 0 Å². The number of nitro groups is 1. The molecule has 0 aliphatic carbocycles. The van der Waals surface area contributed by atoms with Crippen LogP contribution in [0, 0.1) is 17.0 Å². The molecule has 3 rings (SSSR count). The normalized spacial score (nSPS) is 10.9. The molecular weight excluding hydrogens is 348 g/mol. The van der Waals surface area contributed by atoms with Gasteiger partial charge in [-0.2, -0.15) is 10.2 Å². The average molecular weight is 364 g/mol. The molecule has 0 aliphatic heterocycles. The van der Waals surface area contributed by atoms with Gasteiger partial charge in [0.05, 0.1) is 23.4 Å². The van der Waals surface area contributed by atoms with Crippen LogP contribution in [0.3, 0.4) is 0 Å². The standard InChI is InChI=1S/C18H16N6O3/c1-13-3-2-4-15(20-13)11-19-21-18(25)17-9-10-23(22-17)12-14-5-7-16(8-6-14)24(26)27/h2-11H,12H2,1H3,(H,21,25). The van der Waals surface area contributed by atoms with Crippen LogP contribution < -0.4 is 5.43 Å². The maximum atomic E-state index is 12.1. The van der Waals surface area contributed by atoms with E-state index in [1.807, 2.05) is 19.1 Å². The average Bonchev–Trinajstić information content (AvgIpc) is 3.11. The van der Waals surface area contributed by atoms with Crippen molar-refractivity contribution in [3.63, 3.8) is 0 Å². The molecule has 0 bridgehead atoms. The van der Waals surface area contributed by atoms with Gasteiger partial charge < -0.3 is 0 Å². The fourth-order valence-corrected chi connectivity index (χ4v) is 2.33. The first-order valence-corrected chi connectivity index (χ1v) is 8.05. The molecule has 1 amide bonds. The molecule has 0 unspecified atom stereocenters. The Morgan fingerprint density at radius 2 is 2.04 bits per heavy atom. The maximum absolute atomic E-state index is 12.1. The second kappa shape index (κ2) is 8.00. The zero-order valence-corrected chi connectivity index (χ0v) is 14.4. The molecule has 0 saturated heterocycles. The number of nitrogens with one attached hydrogen (secondary N) is 1. The van der Waals surface area contributed by atoms with Crippen molar-refractivity contribution < 1.29 is 9.72 Å². The lowest BCUT2D eigenvalue weighted by molar-refractivity contribution is -0.384. The number of aromatic nitrogens is 3. The Hall–Kier alpha value is -3.88. The molecule has 2 aromatic heterocycles. The minimum Gasteiger partial charge on any atom is -0.268 e. The summed E-state index contributed by atoms with van der Waals surface area (Å²) in [5, 5.41) is 18.7. The lowest BCUT2D eigenvalue weighted by atomic mass is 10.2.